The molecule has 2 aliphatic rings. The van der Waals surface area contributed by atoms with Crippen molar-refractivity contribution < 1.29 is 4.74 Å². The molecule has 0 amide bonds. The molecule has 1 aromatic heterocycles. The minimum Gasteiger partial charge on any atom is -0.381 e. The van der Waals surface area contributed by atoms with Gasteiger partial charge >= 0.3 is 0 Å². The highest BCUT2D eigenvalue weighted by Crippen LogP contribution is 2.34. The molecule has 2 fully saturated rings. The van der Waals surface area contributed by atoms with Crippen LogP contribution in [-0.4, -0.2) is 67.8 Å². The van der Waals surface area contributed by atoms with Gasteiger partial charge in [-0.15, -0.1) is 11.3 Å². The number of guanidine groups is 1. The van der Waals surface area contributed by atoms with Crippen LogP contribution in [0.25, 0.3) is 0 Å². The summed E-state index contributed by atoms with van der Waals surface area (Å²) in [6, 6.07) is 4.86. The first-order valence-corrected chi connectivity index (χ1v) is 12.1. The molecule has 1 unspecified atom stereocenters. The standard InChI is InChI=1S/C20H34N4OS2/c1-3-27-20(8-12-25-13-9-20)16-23-19(21-2)22-15-17(18-7-6-14-26-18)24-10-4-5-11-24/h6-7,14,17H,3-5,8-13,15-16H2,1-2H3,(H2,21,22,23). The van der Waals surface area contributed by atoms with Crippen LogP contribution in [0.3, 0.4) is 0 Å². The molecule has 3 rings (SSSR count). The van der Waals surface area contributed by atoms with Crippen LogP contribution in [0.1, 0.15) is 43.5 Å². The van der Waals surface area contributed by atoms with Gasteiger partial charge in [0.1, 0.15) is 0 Å². The molecule has 3 heterocycles. The molecule has 1 aromatic rings. The zero-order chi connectivity index (χ0) is 19.0. The first-order chi connectivity index (χ1) is 13.3. The van der Waals surface area contributed by atoms with Gasteiger partial charge in [0.15, 0.2) is 5.96 Å². The third-order valence-electron chi connectivity index (χ3n) is 5.57. The van der Waals surface area contributed by atoms with Crippen LogP contribution in [0.2, 0.25) is 0 Å². The molecule has 0 spiro atoms. The predicted molar refractivity (Wildman–Crippen MR) is 118 cm³/mol. The normalized spacial score (nSPS) is 21.9. The molecule has 1 atom stereocenters. The molecule has 27 heavy (non-hydrogen) atoms. The SMILES string of the molecule is CCSC1(CNC(=NC)NCC(c2cccs2)N2CCCC2)CCOCC1. The monoisotopic (exact) mass is 410 g/mol. The summed E-state index contributed by atoms with van der Waals surface area (Å²) >= 11 is 3.92. The Morgan fingerprint density at radius 1 is 1.33 bits per heavy atom. The smallest absolute Gasteiger partial charge is 0.191 e. The maximum atomic E-state index is 5.59. The van der Waals surface area contributed by atoms with Crippen molar-refractivity contribution in [1.29, 1.82) is 0 Å². The highest BCUT2D eigenvalue weighted by Gasteiger charge is 2.33. The molecule has 2 aliphatic heterocycles. The van der Waals surface area contributed by atoms with Gasteiger partial charge in [0.25, 0.3) is 0 Å². The average molecular weight is 411 g/mol. The molecular formula is C20H34N4OS2. The van der Waals surface area contributed by atoms with Crippen molar-refractivity contribution in [3.8, 4) is 0 Å². The first kappa shape index (κ1) is 21.0. The summed E-state index contributed by atoms with van der Waals surface area (Å²) < 4.78 is 5.86. The van der Waals surface area contributed by atoms with Gasteiger partial charge in [0.05, 0.1) is 6.04 Å². The number of likely N-dealkylation sites (tertiary alicyclic amines) is 1. The Balaban J connectivity index is 1.55. The van der Waals surface area contributed by atoms with Crippen LogP contribution in [0.5, 0.6) is 0 Å². The fourth-order valence-corrected chi connectivity index (χ4v) is 6.13. The number of nitrogens with zero attached hydrogens (tertiary/aromatic N) is 2. The Kier molecular flexibility index (Phi) is 8.30. The molecule has 0 bridgehead atoms. The van der Waals surface area contributed by atoms with E-state index in [-0.39, 0.29) is 4.75 Å². The summed E-state index contributed by atoms with van der Waals surface area (Å²) in [5.74, 6) is 2.06. The van der Waals surface area contributed by atoms with E-state index in [1.165, 1.54) is 30.8 Å². The van der Waals surface area contributed by atoms with Crippen LogP contribution < -0.4 is 10.6 Å². The number of thiophene rings is 1. The van der Waals surface area contributed by atoms with Gasteiger partial charge in [0.2, 0.25) is 0 Å². The molecule has 7 heteroatoms. The Bertz CT molecular complexity index is 561. The van der Waals surface area contributed by atoms with E-state index in [0.717, 1.165) is 50.9 Å². The van der Waals surface area contributed by atoms with E-state index in [1.807, 2.05) is 18.4 Å². The lowest BCUT2D eigenvalue weighted by Gasteiger charge is -2.37. The van der Waals surface area contributed by atoms with Gasteiger partial charge in [-0.3, -0.25) is 9.89 Å². The van der Waals surface area contributed by atoms with E-state index in [4.69, 9.17) is 4.74 Å². The van der Waals surface area contributed by atoms with E-state index in [1.54, 1.807) is 0 Å². The number of aliphatic imine (C=N–C) groups is 1. The summed E-state index contributed by atoms with van der Waals surface area (Å²) in [6.45, 7) is 8.24. The lowest BCUT2D eigenvalue weighted by atomic mass is 9.99. The first-order valence-electron chi connectivity index (χ1n) is 10.2. The number of ether oxygens (including phenoxy) is 1. The second kappa shape index (κ2) is 10.7. The zero-order valence-corrected chi connectivity index (χ0v) is 18.3. The topological polar surface area (TPSA) is 48.9 Å². The second-order valence-electron chi connectivity index (χ2n) is 7.31. The molecule has 0 saturated carbocycles. The number of rotatable bonds is 8. The van der Waals surface area contributed by atoms with Gasteiger partial charge < -0.3 is 15.4 Å². The summed E-state index contributed by atoms with van der Waals surface area (Å²) in [5.41, 5.74) is 0. The van der Waals surface area contributed by atoms with Gasteiger partial charge in [-0.2, -0.15) is 11.8 Å². The van der Waals surface area contributed by atoms with Crippen LogP contribution in [0.15, 0.2) is 22.5 Å². The maximum Gasteiger partial charge on any atom is 0.191 e. The van der Waals surface area contributed by atoms with Gasteiger partial charge in [-0.25, -0.2) is 0 Å². The number of nitrogens with one attached hydrogen (secondary N) is 2. The van der Waals surface area contributed by atoms with Crippen molar-refractivity contribution in [2.24, 2.45) is 4.99 Å². The predicted octanol–water partition coefficient (Wildman–Crippen LogP) is 3.35. The van der Waals surface area contributed by atoms with Crippen LogP contribution >= 0.6 is 23.1 Å². The molecule has 152 valence electrons. The average Bonchev–Trinajstić information content (AvgIpc) is 3.40. The number of hydrogen-bond donors (Lipinski definition) is 2. The Labute approximate surface area is 172 Å². The lowest BCUT2D eigenvalue weighted by Crippen LogP contribution is -2.49. The fourth-order valence-electron chi connectivity index (χ4n) is 4.02. The van der Waals surface area contributed by atoms with Gasteiger partial charge in [-0.05, 0) is 56.0 Å². The molecule has 2 saturated heterocycles. The van der Waals surface area contributed by atoms with E-state index in [0.29, 0.717) is 6.04 Å². The van der Waals surface area contributed by atoms with Crippen LogP contribution in [0.4, 0.5) is 0 Å². The van der Waals surface area contributed by atoms with Crippen LogP contribution in [0, 0.1) is 0 Å². The lowest BCUT2D eigenvalue weighted by molar-refractivity contribution is 0.0782. The number of hydrogen-bond acceptors (Lipinski definition) is 5. The van der Waals surface area contributed by atoms with E-state index < -0.39 is 0 Å². The van der Waals surface area contributed by atoms with Gasteiger partial charge in [0, 0.05) is 43.0 Å². The van der Waals surface area contributed by atoms with Crippen molar-refractivity contribution in [2.45, 2.75) is 43.4 Å². The van der Waals surface area contributed by atoms with E-state index in [9.17, 15) is 0 Å². The maximum absolute atomic E-state index is 5.59. The molecule has 0 aliphatic carbocycles. The highest BCUT2D eigenvalue weighted by molar-refractivity contribution is 8.00. The third-order valence-corrected chi connectivity index (χ3v) is 8.00. The fraction of sp³-hybridized carbons (Fsp3) is 0.750. The minimum atomic E-state index is 0.271. The molecule has 2 N–H and O–H groups in total. The van der Waals surface area contributed by atoms with Crippen molar-refractivity contribution in [3.63, 3.8) is 0 Å². The van der Waals surface area contributed by atoms with E-state index in [2.05, 4.69) is 56.7 Å². The summed E-state index contributed by atoms with van der Waals surface area (Å²) in [6.07, 6.45) is 4.85. The Hall–Kier alpha value is -0.760. The molecule has 5 nitrogen and oxygen atoms in total. The Morgan fingerprint density at radius 2 is 2.11 bits per heavy atom. The van der Waals surface area contributed by atoms with E-state index >= 15 is 0 Å². The quantitative estimate of drug-likeness (QED) is 0.508. The van der Waals surface area contributed by atoms with Crippen molar-refractivity contribution in [2.75, 3.05) is 52.2 Å². The van der Waals surface area contributed by atoms with Crippen molar-refractivity contribution >= 4 is 29.1 Å². The zero-order valence-electron chi connectivity index (χ0n) is 16.7. The van der Waals surface area contributed by atoms with Gasteiger partial charge in [-0.1, -0.05) is 13.0 Å². The van der Waals surface area contributed by atoms with Crippen molar-refractivity contribution in [3.05, 3.63) is 22.4 Å². The van der Waals surface area contributed by atoms with Crippen molar-refractivity contribution in [1.82, 2.24) is 15.5 Å². The summed E-state index contributed by atoms with van der Waals surface area (Å²) in [7, 11) is 1.87. The highest BCUT2D eigenvalue weighted by atomic mass is 32.2. The summed E-state index contributed by atoms with van der Waals surface area (Å²) in [4.78, 5) is 8.54. The minimum absolute atomic E-state index is 0.271. The molecule has 0 aromatic carbocycles. The molecular weight excluding hydrogens is 376 g/mol. The molecule has 0 radical (unpaired) electrons. The largest absolute Gasteiger partial charge is 0.381 e. The van der Waals surface area contributed by atoms with Crippen LogP contribution in [-0.2, 0) is 4.74 Å². The third kappa shape index (κ3) is 5.86. The summed E-state index contributed by atoms with van der Waals surface area (Å²) in [5, 5.41) is 9.38. The number of thioether (sulfide) groups is 1. The second-order valence-corrected chi connectivity index (χ2v) is 10.0. The Morgan fingerprint density at radius 3 is 2.74 bits per heavy atom.